The van der Waals surface area contributed by atoms with Crippen molar-refractivity contribution in [2.45, 2.75) is 49.0 Å². The average Bonchev–Trinajstić information content (AvgIpc) is 3.04. The number of amides is 2. The Hall–Kier alpha value is -2.07. The van der Waals surface area contributed by atoms with Crippen molar-refractivity contribution in [3.63, 3.8) is 0 Å². The number of nitrogens with zero attached hydrogens (tertiary/aromatic N) is 2. The number of thioether (sulfide) groups is 1. The third-order valence-electron chi connectivity index (χ3n) is 4.14. The van der Waals surface area contributed by atoms with Crippen molar-refractivity contribution in [1.29, 1.82) is 0 Å². The van der Waals surface area contributed by atoms with Crippen molar-refractivity contribution in [2.75, 3.05) is 0 Å². The van der Waals surface area contributed by atoms with Gasteiger partial charge in [-0.05, 0) is 13.8 Å². The summed E-state index contributed by atoms with van der Waals surface area (Å²) in [6, 6.07) is -0.0228. The molecule has 2 amide bonds. The molecular formula is C14H18N4O5S. The molecule has 0 saturated carbocycles. The first kappa shape index (κ1) is 16.8. The van der Waals surface area contributed by atoms with Gasteiger partial charge >= 0.3 is 5.97 Å². The van der Waals surface area contributed by atoms with Gasteiger partial charge in [0.2, 0.25) is 11.8 Å². The molecule has 3 heterocycles. The fraction of sp³-hybridized carbons (Fsp3) is 0.571. The number of carboxylic acid groups (broad SMARTS) is 1. The monoisotopic (exact) mass is 354 g/mol. The van der Waals surface area contributed by atoms with Crippen LogP contribution in [0.4, 0.5) is 0 Å². The van der Waals surface area contributed by atoms with E-state index in [-0.39, 0.29) is 30.2 Å². The number of fused-ring (bicyclic) bond motifs is 1. The van der Waals surface area contributed by atoms with Crippen molar-refractivity contribution < 1.29 is 24.0 Å². The van der Waals surface area contributed by atoms with Crippen LogP contribution in [0, 0.1) is 0 Å². The highest BCUT2D eigenvalue weighted by Gasteiger charge is 2.64. The largest absolute Gasteiger partial charge is 0.480 e. The van der Waals surface area contributed by atoms with E-state index in [9.17, 15) is 19.5 Å². The number of hydrogen-bond donors (Lipinski definition) is 3. The van der Waals surface area contributed by atoms with Gasteiger partial charge in [-0.2, -0.15) is 0 Å². The summed E-state index contributed by atoms with van der Waals surface area (Å²) in [5.74, 6) is -1.31. The van der Waals surface area contributed by atoms with Crippen LogP contribution in [-0.2, 0) is 27.3 Å². The van der Waals surface area contributed by atoms with Crippen LogP contribution in [0.25, 0.3) is 0 Å². The Kier molecular flexibility index (Phi) is 4.04. The summed E-state index contributed by atoms with van der Waals surface area (Å²) in [5.41, 5.74) is 5.84. The number of rotatable bonds is 5. The number of carbonyl (C=O) groups is 3. The maximum atomic E-state index is 12.3. The van der Waals surface area contributed by atoms with E-state index in [1.807, 2.05) is 0 Å². The van der Waals surface area contributed by atoms with Gasteiger partial charge in [0.25, 0.3) is 0 Å². The summed E-state index contributed by atoms with van der Waals surface area (Å²) >= 11 is 1.38. The zero-order valence-corrected chi connectivity index (χ0v) is 14.0. The summed E-state index contributed by atoms with van der Waals surface area (Å²) in [7, 11) is 0. The van der Waals surface area contributed by atoms with Crippen LogP contribution in [0.2, 0.25) is 0 Å². The SMILES string of the molecule is CC1(C)S[C@@H]2[C@H](NC(=O)Cc3cc(CN)on3)C(=O)N2[C@H]1C(=O)O. The molecule has 0 spiro atoms. The second-order valence-electron chi connectivity index (χ2n) is 6.31. The van der Waals surface area contributed by atoms with E-state index in [1.165, 1.54) is 16.7 Å². The highest BCUT2D eigenvalue weighted by atomic mass is 32.2. The van der Waals surface area contributed by atoms with Crippen LogP contribution < -0.4 is 11.1 Å². The molecule has 0 aliphatic carbocycles. The molecule has 0 radical (unpaired) electrons. The molecule has 130 valence electrons. The molecule has 24 heavy (non-hydrogen) atoms. The second-order valence-corrected chi connectivity index (χ2v) is 8.08. The maximum absolute atomic E-state index is 12.3. The molecule has 2 aliphatic heterocycles. The Balaban J connectivity index is 1.64. The molecule has 9 nitrogen and oxygen atoms in total. The highest BCUT2D eigenvalue weighted by Crippen LogP contribution is 2.50. The summed E-state index contributed by atoms with van der Waals surface area (Å²) in [4.78, 5) is 37.1. The lowest BCUT2D eigenvalue weighted by Crippen LogP contribution is -2.70. The maximum Gasteiger partial charge on any atom is 0.327 e. The van der Waals surface area contributed by atoms with Crippen LogP contribution in [0.5, 0.6) is 0 Å². The molecule has 4 N–H and O–H groups in total. The topological polar surface area (TPSA) is 139 Å². The van der Waals surface area contributed by atoms with Gasteiger partial charge in [-0.25, -0.2) is 4.79 Å². The van der Waals surface area contributed by atoms with Crippen molar-refractivity contribution in [3.8, 4) is 0 Å². The summed E-state index contributed by atoms with van der Waals surface area (Å²) in [6.07, 6.45) is -0.0313. The molecule has 1 aromatic heterocycles. The fourth-order valence-electron chi connectivity index (χ4n) is 3.07. The number of carbonyl (C=O) groups excluding carboxylic acids is 2. The van der Waals surface area contributed by atoms with Gasteiger partial charge in [0, 0.05) is 10.8 Å². The lowest BCUT2D eigenvalue weighted by atomic mass is 9.96. The number of β-lactam (4-membered cyclic amide) rings is 1. The third-order valence-corrected chi connectivity index (χ3v) is 5.71. The molecule has 0 bridgehead atoms. The highest BCUT2D eigenvalue weighted by molar-refractivity contribution is 8.01. The average molecular weight is 354 g/mol. The summed E-state index contributed by atoms with van der Waals surface area (Å²) in [6.45, 7) is 3.75. The quantitative estimate of drug-likeness (QED) is 0.590. The van der Waals surface area contributed by atoms with Crippen LogP contribution in [0.3, 0.4) is 0 Å². The Morgan fingerprint density at radius 3 is 2.83 bits per heavy atom. The second kappa shape index (κ2) is 5.78. The van der Waals surface area contributed by atoms with Gasteiger partial charge < -0.3 is 25.6 Å². The van der Waals surface area contributed by atoms with Crippen LogP contribution >= 0.6 is 11.8 Å². The molecule has 10 heteroatoms. The minimum Gasteiger partial charge on any atom is -0.480 e. The van der Waals surface area contributed by atoms with Crippen molar-refractivity contribution in [1.82, 2.24) is 15.4 Å². The number of carboxylic acids is 1. The predicted octanol–water partition coefficient (Wildman–Crippen LogP) is -0.692. The van der Waals surface area contributed by atoms with Crippen molar-refractivity contribution >= 4 is 29.5 Å². The fourth-order valence-corrected chi connectivity index (χ4v) is 4.70. The molecule has 1 aromatic rings. The molecule has 0 aromatic carbocycles. The van der Waals surface area contributed by atoms with Gasteiger partial charge in [0.05, 0.1) is 18.7 Å². The van der Waals surface area contributed by atoms with E-state index in [1.54, 1.807) is 19.9 Å². The number of nitrogens with two attached hydrogens (primary N) is 1. The van der Waals surface area contributed by atoms with Crippen LogP contribution in [0.15, 0.2) is 10.6 Å². The van der Waals surface area contributed by atoms with E-state index in [0.29, 0.717) is 11.5 Å². The van der Waals surface area contributed by atoms with E-state index in [2.05, 4.69) is 10.5 Å². The van der Waals surface area contributed by atoms with E-state index in [0.717, 1.165) is 0 Å². The molecular weight excluding hydrogens is 336 g/mol. The summed E-state index contributed by atoms with van der Waals surface area (Å²) in [5, 5.41) is 15.4. The Morgan fingerprint density at radius 1 is 1.54 bits per heavy atom. The van der Waals surface area contributed by atoms with Crippen molar-refractivity contribution in [2.24, 2.45) is 5.73 Å². The van der Waals surface area contributed by atoms with Gasteiger partial charge in [0.1, 0.15) is 17.5 Å². The Labute approximate surface area is 141 Å². The standard InChI is InChI=1S/C14H18N4O5S/c1-14(2)10(13(21)22)18-11(20)9(12(18)24-14)16-8(19)4-6-3-7(5-15)23-17-6/h3,9-10,12H,4-5,15H2,1-2H3,(H,16,19)(H,21,22)/t9-,10+,12-/m1/s1. The molecule has 2 fully saturated rings. The number of aromatic nitrogens is 1. The lowest BCUT2D eigenvalue weighted by molar-refractivity contribution is -0.161. The molecule has 3 rings (SSSR count). The van der Waals surface area contributed by atoms with E-state index >= 15 is 0 Å². The van der Waals surface area contributed by atoms with E-state index in [4.69, 9.17) is 10.3 Å². The smallest absolute Gasteiger partial charge is 0.327 e. The van der Waals surface area contributed by atoms with Crippen molar-refractivity contribution in [3.05, 3.63) is 17.5 Å². The lowest BCUT2D eigenvalue weighted by Gasteiger charge is -2.43. The Bertz CT molecular complexity index is 703. The summed E-state index contributed by atoms with van der Waals surface area (Å²) < 4.78 is 4.30. The molecule has 2 saturated heterocycles. The normalized spacial score (nSPS) is 27.5. The minimum absolute atomic E-state index is 0.0313. The third kappa shape index (κ3) is 2.65. The number of nitrogens with one attached hydrogen (secondary N) is 1. The zero-order chi connectivity index (χ0) is 17.6. The Morgan fingerprint density at radius 2 is 2.25 bits per heavy atom. The first-order chi connectivity index (χ1) is 11.2. The first-order valence-electron chi connectivity index (χ1n) is 7.41. The molecule has 2 aliphatic rings. The van der Waals surface area contributed by atoms with Crippen LogP contribution in [-0.4, -0.2) is 55.2 Å². The van der Waals surface area contributed by atoms with Gasteiger partial charge in [0.15, 0.2) is 5.76 Å². The predicted molar refractivity (Wildman–Crippen MR) is 83.8 cm³/mol. The van der Waals surface area contributed by atoms with Crippen LogP contribution in [0.1, 0.15) is 25.3 Å². The zero-order valence-electron chi connectivity index (χ0n) is 13.2. The molecule has 0 unspecified atom stereocenters. The number of aliphatic carboxylic acids is 1. The van der Waals surface area contributed by atoms with Gasteiger partial charge in [-0.1, -0.05) is 5.16 Å². The minimum atomic E-state index is -1.04. The first-order valence-corrected chi connectivity index (χ1v) is 8.29. The van der Waals surface area contributed by atoms with Gasteiger partial charge in [-0.15, -0.1) is 11.8 Å². The van der Waals surface area contributed by atoms with Gasteiger partial charge in [-0.3, -0.25) is 9.59 Å². The molecule has 3 atom stereocenters. The number of hydrogen-bond acceptors (Lipinski definition) is 7. The van der Waals surface area contributed by atoms with E-state index < -0.39 is 22.8 Å².